The third kappa shape index (κ3) is 5.14. The van der Waals surface area contributed by atoms with E-state index in [4.69, 9.17) is 23.8 Å². The lowest BCUT2D eigenvalue weighted by atomic mass is 9.97. The van der Waals surface area contributed by atoms with Gasteiger partial charge >= 0.3 is 0 Å². The molecule has 12 rings (SSSR count). The average molecular weight is 742 g/mol. The standard InChI is InChI=1S/C53H31N3O2/c1-2-11-32(12-3-1)37-28-30-46-45(31-37)48-43(20-10-22-47(48)57-46)52-54-51(36-25-23-35(24-26-36)39-18-8-15-33-13-4-6-16-38(33)39)55-53(56-52)44-21-9-19-41-42-29-27-34-14-5-7-17-40(34)49(42)58-50(41)44/h1-31H. The Morgan fingerprint density at radius 3 is 1.76 bits per heavy atom. The molecule has 0 saturated heterocycles. The number of nitrogens with zero attached hydrogens (tertiary/aromatic N) is 3. The summed E-state index contributed by atoms with van der Waals surface area (Å²) in [5.41, 5.74) is 10.3. The van der Waals surface area contributed by atoms with E-state index in [1.54, 1.807) is 0 Å². The molecular formula is C53H31N3O2. The Hall–Kier alpha value is -7.89. The van der Waals surface area contributed by atoms with Crippen molar-refractivity contribution in [3.8, 4) is 56.4 Å². The first kappa shape index (κ1) is 32.4. The van der Waals surface area contributed by atoms with Crippen molar-refractivity contribution in [3.63, 3.8) is 0 Å². The van der Waals surface area contributed by atoms with E-state index in [2.05, 4.69) is 164 Å². The molecule has 0 unspecified atom stereocenters. The summed E-state index contributed by atoms with van der Waals surface area (Å²) in [6, 6.07) is 65.1. The molecule has 0 aliphatic rings. The fraction of sp³-hybridized carbons (Fsp3) is 0. The van der Waals surface area contributed by atoms with E-state index in [0.29, 0.717) is 17.5 Å². The smallest absolute Gasteiger partial charge is 0.167 e. The van der Waals surface area contributed by atoms with Crippen LogP contribution in [-0.4, -0.2) is 15.0 Å². The molecule has 0 amide bonds. The van der Waals surface area contributed by atoms with Crippen LogP contribution in [0.1, 0.15) is 0 Å². The van der Waals surface area contributed by atoms with Crippen molar-refractivity contribution in [3.05, 3.63) is 188 Å². The van der Waals surface area contributed by atoms with Gasteiger partial charge in [-0.3, -0.25) is 0 Å². The maximum Gasteiger partial charge on any atom is 0.167 e. The maximum atomic E-state index is 6.80. The molecule has 9 aromatic carbocycles. The molecule has 270 valence electrons. The third-order valence-corrected chi connectivity index (χ3v) is 11.4. The first-order valence-corrected chi connectivity index (χ1v) is 19.4. The monoisotopic (exact) mass is 741 g/mol. The fourth-order valence-corrected chi connectivity index (χ4v) is 8.55. The molecule has 3 heterocycles. The van der Waals surface area contributed by atoms with Crippen molar-refractivity contribution in [2.75, 3.05) is 0 Å². The van der Waals surface area contributed by atoms with Gasteiger partial charge in [-0.25, -0.2) is 15.0 Å². The summed E-state index contributed by atoms with van der Waals surface area (Å²) >= 11 is 0. The summed E-state index contributed by atoms with van der Waals surface area (Å²) in [6.07, 6.45) is 0. The van der Waals surface area contributed by atoms with Crippen LogP contribution in [-0.2, 0) is 0 Å². The summed E-state index contributed by atoms with van der Waals surface area (Å²) in [6.45, 7) is 0. The predicted octanol–water partition coefficient (Wildman–Crippen LogP) is 14.3. The number of fused-ring (bicyclic) bond motifs is 9. The molecule has 3 aromatic heterocycles. The quantitative estimate of drug-likeness (QED) is 0.176. The summed E-state index contributed by atoms with van der Waals surface area (Å²) in [7, 11) is 0. The van der Waals surface area contributed by atoms with Gasteiger partial charge in [0.15, 0.2) is 17.5 Å². The Labute approximate surface area is 332 Å². The van der Waals surface area contributed by atoms with E-state index >= 15 is 0 Å². The van der Waals surface area contributed by atoms with Gasteiger partial charge in [-0.2, -0.15) is 0 Å². The van der Waals surface area contributed by atoms with Gasteiger partial charge in [0.1, 0.15) is 22.3 Å². The Kier molecular flexibility index (Phi) is 7.16. The zero-order valence-electron chi connectivity index (χ0n) is 31.1. The van der Waals surface area contributed by atoms with Gasteiger partial charge in [-0.15, -0.1) is 0 Å². The Balaban J connectivity index is 1.08. The van der Waals surface area contributed by atoms with Crippen molar-refractivity contribution in [2.24, 2.45) is 0 Å². The van der Waals surface area contributed by atoms with E-state index in [-0.39, 0.29) is 0 Å². The van der Waals surface area contributed by atoms with E-state index in [0.717, 1.165) is 88.0 Å². The average Bonchev–Trinajstić information content (AvgIpc) is 3.88. The second kappa shape index (κ2) is 12.8. The van der Waals surface area contributed by atoms with E-state index in [1.807, 2.05) is 24.3 Å². The first-order valence-electron chi connectivity index (χ1n) is 19.4. The molecule has 5 nitrogen and oxygen atoms in total. The number of hydrogen-bond acceptors (Lipinski definition) is 5. The van der Waals surface area contributed by atoms with Crippen molar-refractivity contribution < 1.29 is 8.83 Å². The molecule has 0 saturated carbocycles. The molecule has 0 atom stereocenters. The lowest BCUT2D eigenvalue weighted by molar-refractivity contribution is 0.669. The Bertz CT molecular complexity index is 3560. The molecule has 0 aliphatic heterocycles. The highest BCUT2D eigenvalue weighted by atomic mass is 16.3. The number of furan rings is 2. The lowest BCUT2D eigenvalue weighted by Crippen LogP contribution is -2.00. The van der Waals surface area contributed by atoms with E-state index in [1.165, 1.54) is 16.3 Å². The van der Waals surface area contributed by atoms with Crippen LogP contribution in [0.15, 0.2) is 197 Å². The van der Waals surface area contributed by atoms with Crippen LogP contribution < -0.4 is 0 Å². The van der Waals surface area contributed by atoms with Crippen LogP contribution in [0.25, 0.3) is 122 Å². The minimum Gasteiger partial charge on any atom is -0.456 e. The molecule has 0 bridgehead atoms. The van der Waals surface area contributed by atoms with Crippen molar-refractivity contribution in [2.45, 2.75) is 0 Å². The SMILES string of the molecule is c1ccc(-c2ccc3oc4cccc(-c5nc(-c6ccc(-c7cccc8ccccc78)cc6)nc(-c6cccc7c6oc6c8ccccc8ccc76)n5)c4c3c2)cc1. The maximum absolute atomic E-state index is 6.80. The van der Waals surface area contributed by atoms with Crippen LogP contribution in [0.5, 0.6) is 0 Å². The van der Waals surface area contributed by atoms with E-state index < -0.39 is 0 Å². The molecule has 0 aliphatic carbocycles. The van der Waals surface area contributed by atoms with Crippen molar-refractivity contribution >= 4 is 65.4 Å². The van der Waals surface area contributed by atoms with Crippen LogP contribution in [0.4, 0.5) is 0 Å². The summed E-state index contributed by atoms with van der Waals surface area (Å²) in [5, 5.41) is 8.64. The zero-order chi connectivity index (χ0) is 38.2. The molecule has 5 heteroatoms. The van der Waals surface area contributed by atoms with Crippen LogP contribution in [0.3, 0.4) is 0 Å². The van der Waals surface area contributed by atoms with Crippen LogP contribution >= 0.6 is 0 Å². The van der Waals surface area contributed by atoms with Gasteiger partial charge in [0, 0.05) is 38.1 Å². The molecule has 58 heavy (non-hydrogen) atoms. The van der Waals surface area contributed by atoms with Crippen LogP contribution in [0.2, 0.25) is 0 Å². The second-order valence-electron chi connectivity index (χ2n) is 14.7. The number of hydrogen-bond donors (Lipinski definition) is 0. The van der Waals surface area contributed by atoms with Gasteiger partial charge in [0.05, 0.1) is 5.56 Å². The van der Waals surface area contributed by atoms with Gasteiger partial charge < -0.3 is 8.83 Å². The fourth-order valence-electron chi connectivity index (χ4n) is 8.55. The largest absolute Gasteiger partial charge is 0.456 e. The highest BCUT2D eigenvalue weighted by Gasteiger charge is 2.21. The summed E-state index contributed by atoms with van der Waals surface area (Å²) in [4.78, 5) is 15.7. The molecule has 0 N–H and O–H groups in total. The number of benzene rings is 9. The molecule has 12 aromatic rings. The Morgan fingerprint density at radius 2 is 0.897 bits per heavy atom. The van der Waals surface area contributed by atoms with E-state index in [9.17, 15) is 0 Å². The molecule has 0 fully saturated rings. The van der Waals surface area contributed by atoms with Gasteiger partial charge in [-0.1, -0.05) is 158 Å². The zero-order valence-corrected chi connectivity index (χ0v) is 31.1. The van der Waals surface area contributed by atoms with Gasteiger partial charge in [0.25, 0.3) is 0 Å². The first-order chi connectivity index (χ1) is 28.7. The highest BCUT2D eigenvalue weighted by Crippen LogP contribution is 2.41. The number of aromatic nitrogens is 3. The van der Waals surface area contributed by atoms with Crippen molar-refractivity contribution in [1.29, 1.82) is 0 Å². The van der Waals surface area contributed by atoms with Crippen LogP contribution in [0, 0.1) is 0 Å². The van der Waals surface area contributed by atoms with Gasteiger partial charge in [-0.05, 0) is 68.7 Å². The minimum atomic E-state index is 0.530. The molecular weight excluding hydrogens is 711 g/mol. The second-order valence-corrected chi connectivity index (χ2v) is 14.7. The molecule has 0 spiro atoms. The molecule has 0 radical (unpaired) electrons. The normalized spacial score (nSPS) is 11.8. The predicted molar refractivity (Wildman–Crippen MR) is 237 cm³/mol. The van der Waals surface area contributed by atoms with Gasteiger partial charge in [0.2, 0.25) is 0 Å². The van der Waals surface area contributed by atoms with Crippen molar-refractivity contribution in [1.82, 2.24) is 15.0 Å². The number of rotatable bonds is 5. The topological polar surface area (TPSA) is 65.0 Å². The Morgan fingerprint density at radius 1 is 0.293 bits per heavy atom. The number of para-hydroxylation sites is 1. The minimum absolute atomic E-state index is 0.530. The third-order valence-electron chi connectivity index (χ3n) is 11.4. The highest BCUT2D eigenvalue weighted by molar-refractivity contribution is 6.17. The summed E-state index contributed by atoms with van der Waals surface area (Å²) in [5.74, 6) is 1.65. The summed E-state index contributed by atoms with van der Waals surface area (Å²) < 4.78 is 13.3. The lowest BCUT2D eigenvalue weighted by Gasteiger charge is -2.11.